The van der Waals surface area contributed by atoms with Crippen LogP contribution in [0.15, 0.2) is 0 Å². The maximum absolute atomic E-state index is 12.2. The number of aryl methyl sites for hydroxylation is 1. The SMILES string of the molecule is CCOC(=O)c1c(C)[nH]c2c1CCC(C)(C)NC2=O. The molecule has 0 aromatic carbocycles. The van der Waals surface area contributed by atoms with Crippen LogP contribution in [-0.4, -0.2) is 29.0 Å². The lowest BCUT2D eigenvalue weighted by molar-refractivity contribution is 0.0524. The first-order valence-electron chi connectivity index (χ1n) is 6.57. The van der Waals surface area contributed by atoms with Gasteiger partial charge in [0.2, 0.25) is 0 Å². The number of hydrogen-bond donors (Lipinski definition) is 2. The highest BCUT2D eigenvalue weighted by Crippen LogP contribution is 2.27. The van der Waals surface area contributed by atoms with Crippen molar-refractivity contribution in [1.82, 2.24) is 10.3 Å². The van der Waals surface area contributed by atoms with E-state index in [1.165, 1.54) is 0 Å². The molecule has 5 heteroatoms. The quantitative estimate of drug-likeness (QED) is 0.802. The number of fused-ring (bicyclic) bond motifs is 1. The monoisotopic (exact) mass is 264 g/mol. The van der Waals surface area contributed by atoms with Gasteiger partial charge < -0.3 is 15.0 Å². The van der Waals surface area contributed by atoms with Crippen LogP contribution in [0.25, 0.3) is 0 Å². The van der Waals surface area contributed by atoms with E-state index in [9.17, 15) is 9.59 Å². The number of nitrogens with one attached hydrogen (secondary N) is 2. The van der Waals surface area contributed by atoms with Gasteiger partial charge in [0.1, 0.15) is 5.69 Å². The Balaban J connectivity index is 2.46. The normalized spacial score (nSPS) is 17.4. The molecule has 1 aromatic rings. The Kier molecular flexibility index (Phi) is 3.39. The van der Waals surface area contributed by atoms with Gasteiger partial charge in [-0.3, -0.25) is 4.79 Å². The summed E-state index contributed by atoms with van der Waals surface area (Å²) in [5.41, 5.74) is 2.21. The number of rotatable bonds is 2. The average Bonchev–Trinajstić information content (AvgIpc) is 2.58. The third kappa shape index (κ3) is 2.50. The molecule has 104 valence electrons. The third-order valence-electron chi connectivity index (χ3n) is 3.45. The lowest BCUT2D eigenvalue weighted by Gasteiger charge is -2.23. The van der Waals surface area contributed by atoms with E-state index in [2.05, 4.69) is 10.3 Å². The fraction of sp³-hybridized carbons (Fsp3) is 0.571. The summed E-state index contributed by atoms with van der Waals surface area (Å²) in [5, 5.41) is 2.96. The van der Waals surface area contributed by atoms with Crippen LogP contribution in [0.1, 0.15) is 59.3 Å². The number of amides is 1. The van der Waals surface area contributed by atoms with Crippen LogP contribution in [0, 0.1) is 6.92 Å². The molecular formula is C14H20N2O3. The number of aromatic nitrogens is 1. The molecule has 5 nitrogen and oxygen atoms in total. The van der Waals surface area contributed by atoms with E-state index in [1.807, 2.05) is 13.8 Å². The van der Waals surface area contributed by atoms with Crippen molar-refractivity contribution in [2.45, 2.75) is 46.1 Å². The lowest BCUT2D eigenvalue weighted by Crippen LogP contribution is -2.42. The van der Waals surface area contributed by atoms with Gasteiger partial charge in [-0.15, -0.1) is 0 Å². The van der Waals surface area contributed by atoms with Gasteiger partial charge in [0.15, 0.2) is 0 Å². The van der Waals surface area contributed by atoms with Crippen molar-refractivity contribution in [3.8, 4) is 0 Å². The van der Waals surface area contributed by atoms with Crippen molar-refractivity contribution >= 4 is 11.9 Å². The second kappa shape index (κ2) is 4.72. The standard InChI is InChI=1S/C14H20N2O3/c1-5-19-13(18)10-8(2)15-11-9(10)6-7-14(3,4)16-12(11)17/h15H,5-7H2,1-4H3,(H,16,17). The Morgan fingerprint density at radius 2 is 2.11 bits per heavy atom. The highest BCUT2D eigenvalue weighted by molar-refractivity contribution is 6.01. The summed E-state index contributed by atoms with van der Waals surface area (Å²) >= 11 is 0. The maximum Gasteiger partial charge on any atom is 0.340 e. The zero-order chi connectivity index (χ0) is 14.2. The summed E-state index contributed by atoms with van der Waals surface area (Å²) < 4.78 is 5.07. The van der Waals surface area contributed by atoms with Crippen LogP contribution in [-0.2, 0) is 11.2 Å². The molecule has 0 fully saturated rings. The molecule has 1 aromatic heterocycles. The molecule has 0 unspecified atom stereocenters. The van der Waals surface area contributed by atoms with Crippen LogP contribution < -0.4 is 5.32 Å². The molecule has 19 heavy (non-hydrogen) atoms. The van der Waals surface area contributed by atoms with Crippen LogP contribution >= 0.6 is 0 Å². The molecule has 0 saturated heterocycles. The van der Waals surface area contributed by atoms with Crippen LogP contribution in [0.4, 0.5) is 0 Å². The van der Waals surface area contributed by atoms with Gasteiger partial charge in [0, 0.05) is 11.2 Å². The van der Waals surface area contributed by atoms with E-state index in [0.29, 0.717) is 30.0 Å². The molecule has 0 atom stereocenters. The molecule has 0 spiro atoms. The minimum Gasteiger partial charge on any atom is -0.462 e. The van der Waals surface area contributed by atoms with Gasteiger partial charge in [0.25, 0.3) is 5.91 Å². The summed E-state index contributed by atoms with van der Waals surface area (Å²) in [6.45, 7) is 7.85. The van der Waals surface area contributed by atoms with E-state index >= 15 is 0 Å². The largest absolute Gasteiger partial charge is 0.462 e. The van der Waals surface area contributed by atoms with Crippen molar-refractivity contribution in [3.05, 3.63) is 22.5 Å². The second-order valence-corrected chi connectivity index (χ2v) is 5.54. The second-order valence-electron chi connectivity index (χ2n) is 5.54. The first-order valence-corrected chi connectivity index (χ1v) is 6.57. The number of ether oxygens (including phenoxy) is 1. The fourth-order valence-electron chi connectivity index (χ4n) is 2.47. The maximum atomic E-state index is 12.2. The minimum atomic E-state index is -0.356. The molecule has 1 aliphatic rings. The Morgan fingerprint density at radius 3 is 2.74 bits per heavy atom. The van der Waals surface area contributed by atoms with Crippen LogP contribution in [0.5, 0.6) is 0 Å². The van der Waals surface area contributed by atoms with Gasteiger partial charge in [0.05, 0.1) is 12.2 Å². The number of carbonyl (C=O) groups is 2. The molecule has 0 aliphatic carbocycles. The Hall–Kier alpha value is -1.78. The van der Waals surface area contributed by atoms with E-state index < -0.39 is 0 Å². The number of carbonyl (C=O) groups excluding carboxylic acids is 2. The molecule has 2 heterocycles. The molecule has 1 amide bonds. The van der Waals surface area contributed by atoms with Crippen molar-refractivity contribution in [2.75, 3.05) is 6.61 Å². The Labute approximate surface area is 112 Å². The molecular weight excluding hydrogens is 244 g/mol. The van der Waals surface area contributed by atoms with E-state index in [0.717, 1.165) is 12.0 Å². The lowest BCUT2D eigenvalue weighted by atomic mass is 9.96. The van der Waals surface area contributed by atoms with Gasteiger partial charge in [-0.25, -0.2) is 4.79 Å². The average molecular weight is 264 g/mol. The smallest absolute Gasteiger partial charge is 0.340 e. The Morgan fingerprint density at radius 1 is 1.42 bits per heavy atom. The van der Waals surface area contributed by atoms with Crippen molar-refractivity contribution in [1.29, 1.82) is 0 Å². The molecule has 0 radical (unpaired) electrons. The zero-order valence-electron chi connectivity index (χ0n) is 11.8. The topological polar surface area (TPSA) is 71.2 Å². The molecule has 1 aliphatic heterocycles. The van der Waals surface area contributed by atoms with Crippen molar-refractivity contribution in [3.63, 3.8) is 0 Å². The van der Waals surface area contributed by atoms with Gasteiger partial charge >= 0.3 is 5.97 Å². The first kappa shape index (κ1) is 13.6. The van der Waals surface area contributed by atoms with Crippen molar-refractivity contribution < 1.29 is 14.3 Å². The Bertz CT molecular complexity index is 529. The van der Waals surface area contributed by atoms with Crippen molar-refractivity contribution in [2.24, 2.45) is 0 Å². The summed E-state index contributed by atoms with van der Waals surface area (Å²) in [6, 6.07) is 0. The van der Waals surface area contributed by atoms with Gasteiger partial charge in [-0.05, 0) is 46.1 Å². The number of aromatic amines is 1. The number of hydrogen-bond acceptors (Lipinski definition) is 3. The number of esters is 1. The highest BCUT2D eigenvalue weighted by atomic mass is 16.5. The predicted molar refractivity (Wildman–Crippen MR) is 71.4 cm³/mol. The van der Waals surface area contributed by atoms with E-state index in [1.54, 1.807) is 13.8 Å². The summed E-state index contributed by atoms with van der Waals surface area (Å²) in [6.07, 6.45) is 1.47. The summed E-state index contributed by atoms with van der Waals surface area (Å²) in [7, 11) is 0. The fourth-order valence-corrected chi connectivity index (χ4v) is 2.47. The molecule has 2 N–H and O–H groups in total. The highest BCUT2D eigenvalue weighted by Gasteiger charge is 2.32. The predicted octanol–water partition coefficient (Wildman–Crippen LogP) is 1.95. The van der Waals surface area contributed by atoms with E-state index in [-0.39, 0.29) is 17.4 Å². The molecule has 0 bridgehead atoms. The van der Waals surface area contributed by atoms with E-state index in [4.69, 9.17) is 4.74 Å². The molecule has 2 rings (SSSR count). The summed E-state index contributed by atoms with van der Waals surface area (Å²) in [5.74, 6) is -0.513. The van der Waals surface area contributed by atoms with Gasteiger partial charge in [-0.1, -0.05) is 0 Å². The van der Waals surface area contributed by atoms with Crippen LogP contribution in [0.3, 0.4) is 0 Å². The van der Waals surface area contributed by atoms with Gasteiger partial charge in [-0.2, -0.15) is 0 Å². The first-order chi connectivity index (χ1) is 8.85. The summed E-state index contributed by atoms with van der Waals surface area (Å²) in [4.78, 5) is 27.2. The van der Waals surface area contributed by atoms with Crippen LogP contribution in [0.2, 0.25) is 0 Å². The minimum absolute atomic E-state index is 0.156. The zero-order valence-corrected chi connectivity index (χ0v) is 11.8. The third-order valence-corrected chi connectivity index (χ3v) is 3.45. The molecule has 0 saturated carbocycles. The number of H-pyrrole nitrogens is 1.